The fraction of sp³-hybridized carbons (Fsp3) is 0.661. The van der Waals surface area contributed by atoms with Gasteiger partial charge in [0, 0.05) is 44.2 Å². The van der Waals surface area contributed by atoms with Gasteiger partial charge >= 0.3 is 0 Å². The van der Waals surface area contributed by atoms with Crippen LogP contribution in [0.25, 0.3) is 5.57 Å². The first-order valence-electron chi connectivity index (χ1n) is 25.4. The number of allylic oxidation sites excluding steroid dienone is 4. The van der Waals surface area contributed by atoms with Crippen LogP contribution in [0.3, 0.4) is 0 Å². The number of rotatable bonds is 15. The molecule has 1 heterocycles. The van der Waals surface area contributed by atoms with Crippen LogP contribution >= 0.6 is 0 Å². The molecule has 0 atom stereocenters. The first kappa shape index (κ1) is 71.3. The van der Waals surface area contributed by atoms with Crippen molar-refractivity contribution in [2.24, 2.45) is 63.8 Å². The number of carbonyl (C=O) groups excluding carboxylic acids is 2. The Bertz CT molecular complexity index is 1490. The molecule has 0 spiro atoms. The fourth-order valence-corrected chi connectivity index (χ4v) is 5.63. The molecule has 7 heteroatoms. The van der Waals surface area contributed by atoms with Gasteiger partial charge in [-0.25, -0.2) is 0 Å². The zero-order valence-corrected chi connectivity index (χ0v) is 46.7. The van der Waals surface area contributed by atoms with E-state index >= 15 is 0 Å². The van der Waals surface area contributed by atoms with E-state index in [1.54, 1.807) is 19.4 Å². The summed E-state index contributed by atoms with van der Waals surface area (Å²) >= 11 is 0. The topological polar surface area (TPSA) is 143 Å². The van der Waals surface area contributed by atoms with Crippen LogP contribution in [0.15, 0.2) is 77.4 Å². The molecule has 0 saturated heterocycles. The van der Waals surface area contributed by atoms with E-state index in [1.165, 1.54) is 35.2 Å². The van der Waals surface area contributed by atoms with Crippen molar-refractivity contribution in [1.29, 1.82) is 5.41 Å². The molecule has 0 amide bonds. The van der Waals surface area contributed by atoms with Crippen LogP contribution < -0.4 is 11.5 Å². The fourth-order valence-electron chi connectivity index (χ4n) is 5.63. The molecule has 0 unspecified atom stereocenters. The van der Waals surface area contributed by atoms with E-state index in [1.807, 2.05) is 61.6 Å². The van der Waals surface area contributed by atoms with Gasteiger partial charge in [-0.1, -0.05) is 191 Å². The third-order valence-electron chi connectivity index (χ3n) is 8.60. The quantitative estimate of drug-likeness (QED) is 0.104. The molecule has 0 aromatic heterocycles. The Kier molecular flexibility index (Phi) is 51.7. The zero-order valence-electron chi connectivity index (χ0n) is 46.7. The molecule has 7 nitrogen and oxygen atoms in total. The Morgan fingerprint density at radius 3 is 1.36 bits per heavy atom. The lowest BCUT2D eigenvalue weighted by Gasteiger charge is -2.07. The summed E-state index contributed by atoms with van der Waals surface area (Å²) in [6.07, 6.45) is 15.5. The number of ketones is 2. The number of aliphatic hydroxyl groups is 1. The first-order chi connectivity index (χ1) is 30.8. The lowest BCUT2D eigenvalue weighted by Crippen LogP contribution is -2.09. The third kappa shape index (κ3) is 58.3. The smallest absolute Gasteiger partial charge is 0.130 e. The summed E-state index contributed by atoms with van der Waals surface area (Å²) < 4.78 is 0. The third-order valence-corrected chi connectivity index (χ3v) is 8.60. The zero-order chi connectivity index (χ0) is 52.2. The van der Waals surface area contributed by atoms with E-state index < -0.39 is 0 Å². The maximum Gasteiger partial charge on any atom is 0.130 e. The van der Waals surface area contributed by atoms with Crippen LogP contribution in [0.2, 0.25) is 0 Å². The minimum absolute atomic E-state index is 0.287. The highest BCUT2D eigenvalue weighted by molar-refractivity contribution is 5.77. The van der Waals surface area contributed by atoms with Gasteiger partial charge in [-0.3, -0.25) is 10.4 Å². The van der Waals surface area contributed by atoms with Gasteiger partial charge in [-0.15, -0.1) is 0 Å². The van der Waals surface area contributed by atoms with E-state index in [0.29, 0.717) is 42.0 Å². The number of hydrogen-bond donors (Lipinski definition) is 4. The van der Waals surface area contributed by atoms with Gasteiger partial charge < -0.3 is 26.2 Å². The second-order valence-electron chi connectivity index (χ2n) is 20.4. The molecule has 0 bridgehead atoms. The SMILES string of the molecule is CC.CC(=O)CC(C)C.CC(=O)CC(C)C.CC(C)CC1=CCC=N1.CC(C)CC1=CCc2ccccc21.CC(C)CCC(=N)N.CC(C)CN.CC(C)CO.CC(C)Cc1ccccc1. The van der Waals surface area contributed by atoms with Gasteiger partial charge in [0.05, 0.1) is 5.84 Å². The molecule has 4 rings (SSSR count). The summed E-state index contributed by atoms with van der Waals surface area (Å²) in [5, 5.41) is 15.0. The van der Waals surface area contributed by atoms with Crippen LogP contribution in [-0.2, 0) is 22.4 Å². The molecule has 66 heavy (non-hydrogen) atoms. The second-order valence-corrected chi connectivity index (χ2v) is 20.4. The molecular formula is C59H108N4O3. The van der Waals surface area contributed by atoms with Crippen molar-refractivity contribution in [1.82, 2.24) is 0 Å². The van der Waals surface area contributed by atoms with Crippen LogP contribution in [-0.4, -0.2) is 41.9 Å². The number of carbonyl (C=O) groups is 2. The van der Waals surface area contributed by atoms with Crippen molar-refractivity contribution >= 4 is 29.2 Å². The number of aliphatic hydroxyl groups excluding tert-OH is 1. The highest BCUT2D eigenvalue weighted by Gasteiger charge is 2.13. The molecule has 2 aromatic carbocycles. The minimum atomic E-state index is 0.287. The molecule has 1 aliphatic heterocycles. The van der Waals surface area contributed by atoms with Crippen molar-refractivity contribution in [3.05, 3.63) is 89.1 Å². The van der Waals surface area contributed by atoms with Crippen LogP contribution in [0.4, 0.5) is 0 Å². The van der Waals surface area contributed by atoms with Gasteiger partial charge in [0.15, 0.2) is 0 Å². The maximum absolute atomic E-state index is 10.3. The van der Waals surface area contributed by atoms with Gasteiger partial charge in [-0.05, 0) is 122 Å². The number of nitrogens with zero attached hydrogens (tertiary/aromatic N) is 1. The summed E-state index contributed by atoms with van der Waals surface area (Å²) in [4.78, 5) is 24.7. The summed E-state index contributed by atoms with van der Waals surface area (Å²) in [5.41, 5.74) is 17.5. The average Bonchev–Trinajstić information content (AvgIpc) is 3.88. The number of benzene rings is 2. The number of nitrogens with two attached hydrogens (primary N) is 2. The molecule has 382 valence electrons. The van der Waals surface area contributed by atoms with Crippen molar-refractivity contribution in [2.75, 3.05) is 13.2 Å². The first-order valence-corrected chi connectivity index (χ1v) is 25.4. The van der Waals surface area contributed by atoms with Crippen molar-refractivity contribution in [3.8, 4) is 0 Å². The van der Waals surface area contributed by atoms with Crippen LogP contribution in [0.1, 0.15) is 200 Å². The Labute approximate surface area is 410 Å². The van der Waals surface area contributed by atoms with Gasteiger partial charge in [-0.2, -0.15) is 0 Å². The van der Waals surface area contributed by atoms with Crippen molar-refractivity contribution in [2.45, 2.75) is 196 Å². The monoisotopic (exact) mass is 921 g/mol. The number of nitrogens with one attached hydrogen (secondary N) is 1. The second kappa shape index (κ2) is 47.8. The molecule has 0 radical (unpaired) electrons. The Hall–Kier alpha value is -3.68. The number of fused-ring (bicyclic) bond motifs is 1. The maximum atomic E-state index is 10.3. The summed E-state index contributed by atoms with van der Waals surface area (Å²) in [6.45, 7) is 42.4. The molecule has 0 fully saturated rings. The Balaban J connectivity index is -0.000000218. The van der Waals surface area contributed by atoms with Gasteiger partial charge in [0.2, 0.25) is 0 Å². The largest absolute Gasteiger partial charge is 0.396 e. The van der Waals surface area contributed by atoms with Crippen LogP contribution in [0, 0.1) is 52.8 Å². The molecule has 2 aliphatic rings. The summed E-state index contributed by atoms with van der Waals surface area (Å²) in [6, 6.07) is 19.4. The summed E-state index contributed by atoms with van der Waals surface area (Å²) in [5.74, 6) is 5.97. The highest BCUT2D eigenvalue weighted by atomic mass is 16.3. The normalized spacial score (nSPS) is 11.5. The molecule has 0 saturated carbocycles. The number of hydrogen-bond acceptors (Lipinski definition) is 6. The average molecular weight is 922 g/mol. The predicted octanol–water partition coefficient (Wildman–Crippen LogP) is 15.8. The molecule has 1 aliphatic carbocycles. The lowest BCUT2D eigenvalue weighted by molar-refractivity contribution is -0.118. The van der Waals surface area contributed by atoms with E-state index in [-0.39, 0.29) is 11.6 Å². The molecular weight excluding hydrogens is 813 g/mol. The lowest BCUT2D eigenvalue weighted by atomic mass is 9.98. The minimum Gasteiger partial charge on any atom is -0.396 e. The highest BCUT2D eigenvalue weighted by Crippen LogP contribution is 2.31. The molecule has 2 aromatic rings. The van der Waals surface area contributed by atoms with E-state index in [4.69, 9.17) is 22.0 Å². The van der Waals surface area contributed by atoms with Gasteiger partial charge in [0.25, 0.3) is 0 Å². The van der Waals surface area contributed by atoms with E-state index in [9.17, 15) is 9.59 Å². The number of amidine groups is 1. The number of Topliss-reactive ketones (excluding diaryl/α,β-unsaturated/α-hetero) is 2. The van der Waals surface area contributed by atoms with E-state index in [2.05, 4.69) is 141 Å². The van der Waals surface area contributed by atoms with Crippen LogP contribution in [0.5, 0.6) is 0 Å². The number of aliphatic imine (C=N–C) groups is 1. The van der Waals surface area contributed by atoms with E-state index in [0.717, 1.165) is 69.2 Å². The Morgan fingerprint density at radius 2 is 1.06 bits per heavy atom. The van der Waals surface area contributed by atoms with Crippen molar-refractivity contribution in [3.63, 3.8) is 0 Å². The standard InChI is InChI=1S/C13H16.C10H14.C8H13N.C6H14N2.2C6H12O.C4H11N.C4H10O.C2H6/c1-10(2)9-12-8-7-11-5-3-4-6-13(11)12;1-9(2)8-10-6-4-3-5-7-10;1-7(2)6-8-4-3-5-9-8;1-5(2)3-4-6(7)8;2*1-5(2)4-6(3)7;2*1-4(2)3-5;1-2/h3-6,8,10H,7,9H2,1-2H3;3-7,9H,8H2,1-2H3;4-5,7H,3,6H2,1-2H3;5H,3-4H2,1-2H3,(H3,7,8);2*5H,4H2,1-3H3;4H,3,5H2,1-2H3;4-5H,3H2,1-2H3;1-2H3. The molecule has 6 N–H and O–H groups in total. The predicted molar refractivity (Wildman–Crippen MR) is 297 cm³/mol. The van der Waals surface area contributed by atoms with Crippen molar-refractivity contribution < 1.29 is 14.7 Å². The Morgan fingerprint density at radius 1 is 0.621 bits per heavy atom. The summed E-state index contributed by atoms with van der Waals surface area (Å²) in [7, 11) is 0. The van der Waals surface area contributed by atoms with Gasteiger partial charge in [0.1, 0.15) is 11.6 Å².